The van der Waals surface area contributed by atoms with E-state index < -0.39 is 0 Å². The molecule has 0 radical (unpaired) electrons. The zero-order valence-corrected chi connectivity index (χ0v) is 13.7. The van der Waals surface area contributed by atoms with Crippen molar-refractivity contribution in [3.05, 3.63) is 59.6 Å². The van der Waals surface area contributed by atoms with Crippen LogP contribution < -0.4 is 5.32 Å². The molecular formula is C18H27NO2. The van der Waals surface area contributed by atoms with Gasteiger partial charge in [0.1, 0.15) is 12.0 Å². The highest BCUT2D eigenvalue weighted by Gasteiger charge is 1.95. The highest BCUT2D eigenvalue weighted by Crippen LogP contribution is 2.07. The first-order valence-corrected chi connectivity index (χ1v) is 7.16. The molecule has 3 nitrogen and oxygen atoms in total. The second kappa shape index (κ2) is 11.8. The first kappa shape index (κ1) is 19.0. The monoisotopic (exact) mass is 289 g/mol. The van der Waals surface area contributed by atoms with Crippen LogP contribution in [0.15, 0.2) is 59.6 Å². The van der Waals surface area contributed by atoms with Gasteiger partial charge < -0.3 is 10.1 Å². The fraction of sp³-hybridized carbons (Fsp3) is 0.389. The predicted octanol–water partition coefficient (Wildman–Crippen LogP) is 3.92. The van der Waals surface area contributed by atoms with Crippen LogP contribution in [0.4, 0.5) is 0 Å². The van der Waals surface area contributed by atoms with Crippen LogP contribution >= 0.6 is 0 Å². The van der Waals surface area contributed by atoms with Gasteiger partial charge in [0, 0.05) is 12.2 Å². The van der Waals surface area contributed by atoms with Crippen molar-refractivity contribution in [3.63, 3.8) is 0 Å². The highest BCUT2D eigenvalue weighted by molar-refractivity contribution is 5.73. The van der Waals surface area contributed by atoms with E-state index in [1.54, 1.807) is 14.0 Å². The summed E-state index contributed by atoms with van der Waals surface area (Å²) in [6.07, 6.45) is 14.8. The fourth-order valence-corrected chi connectivity index (χ4v) is 1.65. The fourth-order valence-electron chi connectivity index (χ4n) is 1.65. The number of hydrogen-bond acceptors (Lipinski definition) is 3. The zero-order chi connectivity index (χ0) is 16.1. The molecule has 0 saturated heterocycles. The van der Waals surface area contributed by atoms with Crippen LogP contribution in [-0.2, 0) is 9.53 Å². The zero-order valence-electron chi connectivity index (χ0n) is 13.7. The number of allylic oxidation sites excluding steroid dienone is 7. The summed E-state index contributed by atoms with van der Waals surface area (Å²) in [5, 5.41) is 3.26. The predicted molar refractivity (Wildman–Crippen MR) is 89.8 cm³/mol. The second-order valence-corrected chi connectivity index (χ2v) is 4.69. The third kappa shape index (κ3) is 9.50. The van der Waals surface area contributed by atoms with Crippen LogP contribution in [0.25, 0.3) is 0 Å². The van der Waals surface area contributed by atoms with Gasteiger partial charge in [0.15, 0.2) is 0 Å². The number of methoxy groups -OCH3 is 1. The van der Waals surface area contributed by atoms with E-state index in [9.17, 15) is 4.79 Å². The van der Waals surface area contributed by atoms with Gasteiger partial charge in [0.25, 0.3) is 0 Å². The van der Waals surface area contributed by atoms with E-state index >= 15 is 0 Å². The Morgan fingerprint density at radius 2 is 2.05 bits per heavy atom. The third-order valence-electron chi connectivity index (χ3n) is 2.74. The minimum atomic E-state index is 0.291. The number of rotatable bonds is 9. The van der Waals surface area contributed by atoms with E-state index in [2.05, 4.69) is 30.5 Å². The standard InChI is InChI=1S/C18H27NO2/c1-6-9-18(21-5)13-15(3)10-8-11-19-17(7-2)12-16(4)14-20/h6-10,12-15,19H,11H2,1-5H3/b9-6-,10-8+,16-12+,17-7+,18-13+. The van der Waals surface area contributed by atoms with Gasteiger partial charge in [-0.3, -0.25) is 4.79 Å². The molecule has 21 heavy (non-hydrogen) atoms. The van der Waals surface area contributed by atoms with Gasteiger partial charge in [-0.15, -0.1) is 0 Å². The Morgan fingerprint density at radius 1 is 1.33 bits per heavy atom. The van der Waals surface area contributed by atoms with Crippen LogP contribution in [-0.4, -0.2) is 19.9 Å². The average Bonchev–Trinajstić information content (AvgIpc) is 2.49. The molecule has 0 rings (SSSR count). The van der Waals surface area contributed by atoms with Crippen LogP contribution in [0.3, 0.4) is 0 Å². The summed E-state index contributed by atoms with van der Waals surface area (Å²) in [6.45, 7) is 8.51. The topological polar surface area (TPSA) is 38.3 Å². The van der Waals surface area contributed by atoms with Crippen LogP contribution in [0.5, 0.6) is 0 Å². The summed E-state index contributed by atoms with van der Waals surface area (Å²) in [6, 6.07) is 0. The molecule has 0 aromatic rings. The van der Waals surface area contributed by atoms with Crippen molar-refractivity contribution in [2.24, 2.45) is 5.92 Å². The molecule has 0 heterocycles. The number of aldehydes is 1. The van der Waals surface area contributed by atoms with Crippen molar-refractivity contribution in [2.75, 3.05) is 13.7 Å². The molecule has 3 heteroatoms. The number of carbonyl (C=O) groups is 1. The molecular weight excluding hydrogens is 262 g/mol. The minimum absolute atomic E-state index is 0.291. The van der Waals surface area contributed by atoms with Crippen molar-refractivity contribution in [1.82, 2.24) is 5.32 Å². The summed E-state index contributed by atoms with van der Waals surface area (Å²) in [7, 11) is 1.67. The molecule has 1 atom stereocenters. The molecule has 116 valence electrons. The third-order valence-corrected chi connectivity index (χ3v) is 2.74. The Kier molecular flexibility index (Phi) is 10.6. The van der Waals surface area contributed by atoms with Gasteiger partial charge in [0.05, 0.1) is 7.11 Å². The SMILES string of the molecule is C/C=C\C(=C/C(C)/C=C/CNC(/C=C(\C)C=O)=C/C)OC. The lowest BCUT2D eigenvalue weighted by atomic mass is 10.1. The summed E-state index contributed by atoms with van der Waals surface area (Å²) >= 11 is 0. The molecule has 0 bridgehead atoms. The maximum absolute atomic E-state index is 10.6. The maximum atomic E-state index is 10.6. The summed E-state index contributed by atoms with van der Waals surface area (Å²) in [5.74, 6) is 1.15. The van der Waals surface area contributed by atoms with Gasteiger partial charge in [-0.05, 0) is 50.5 Å². The molecule has 0 fully saturated rings. The maximum Gasteiger partial charge on any atom is 0.145 e. The van der Waals surface area contributed by atoms with Crippen molar-refractivity contribution in [3.8, 4) is 0 Å². The molecule has 0 aromatic heterocycles. The number of hydrogen-bond donors (Lipinski definition) is 1. The van der Waals surface area contributed by atoms with Gasteiger partial charge in [0.2, 0.25) is 0 Å². The largest absolute Gasteiger partial charge is 0.497 e. The minimum Gasteiger partial charge on any atom is -0.497 e. The Labute approximate surface area is 128 Å². The lowest BCUT2D eigenvalue weighted by Crippen LogP contribution is -2.11. The summed E-state index contributed by atoms with van der Waals surface area (Å²) < 4.78 is 5.25. The number of ether oxygens (including phenoxy) is 1. The van der Waals surface area contributed by atoms with Gasteiger partial charge in [-0.1, -0.05) is 31.2 Å². The van der Waals surface area contributed by atoms with Crippen LogP contribution in [0.2, 0.25) is 0 Å². The lowest BCUT2D eigenvalue weighted by Gasteiger charge is -2.06. The Morgan fingerprint density at radius 3 is 2.57 bits per heavy atom. The molecule has 0 amide bonds. The summed E-state index contributed by atoms with van der Waals surface area (Å²) in [5.41, 5.74) is 1.64. The average molecular weight is 289 g/mol. The molecule has 0 aliphatic rings. The molecule has 0 aromatic carbocycles. The van der Waals surface area contributed by atoms with Gasteiger partial charge in [-0.25, -0.2) is 0 Å². The van der Waals surface area contributed by atoms with Crippen molar-refractivity contribution >= 4 is 6.29 Å². The van der Waals surface area contributed by atoms with E-state index in [4.69, 9.17) is 4.74 Å². The molecule has 0 aliphatic carbocycles. The first-order valence-electron chi connectivity index (χ1n) is 7.16. The number of nitrogens with one attached hydrogen (secondary N) is 1. The van der Waals surface area contributed by atoms with Gasteiger partial charge >= 0.3 is 0 Å². The van der Waals surface area contributed by atoms with Crippen molar-refractivity contribution < 1.29 is 9.53 Å². The Bertz CT molecular complexity index is 454. The van der Waals surface area contributed by atoms with E-state index in [1.165, 1.54) is 0 Å². The normalized spacial score (nSPS) is 15.6. The molecule has 0 aliphatic heterocycles. The molecule has 0 spiro atoms. The van der Waals surface area contributed by atoms with Gasteiger partial charge in [-0.2, -0.15) is 0 Å². The molecule has 0 saturated carbocycles. The quantitative estimate of drug-likeness (QED) is 0.230. The second-order valence-electron chi connectivity index (χ2n) is 4.69. The van der Waals surface area contributed by atoms with Crippen molar-refractivity contribution in [1.29, 1.82) is 0 Å². The Hall–Kier alpha value is -2.03. The highest BCUT2D eigenvalue weighted by atomic mass is 16.5. The first-order chi connectivity index (χ1) is 10.1. The molecule has 1 unspecified atom stereocenters. The van der Waals surface area contributed by atoms with Crippen LogP contribution in [0.1, 0.15) is 27.7 Å². The van der Waals surface area contributed by atoms with E-state index in [-0.39, 0.29) is 0 Å². The Balaban J connectivity index is 4.42. The number of carbonyl (C=O) groups excluding carboxylic acids is 1. The summed E-state index contributed by atoms with van der Waals surface area (Å²) in [4.78, 5) is 10.6. The van der Waals surface area contributed by atoms with E-state index in [0.29, 0.717) is 18.0 Å². The molecule has 1 N–H and O–H groups in total. The van der Waals surface area contributed by atoms with Crippen molar-refractivity contribution in [2.45, 2.75) is 27.7 Å². The lowest BCUT2D eigenvalue weighted by molar-refractivity contribution is -0.104. The smallest absolute Gasteiger partial charge is 0.145 e. The van der Waals surface area contributed by atoms with E-state index in [1.807, 2.05) is 38.2 Å². The van der Waals surface area contributed by atoms with E-state index in [0.717, 1.165) is 17.7 Å². The van der Waals surface area contributed by atoms with Crippen LogP contribution in [0, 0.1) is 5.92 Å².